The molecule has 1 aliphatic heterocycles. The lowest BCUT2D eigenvalue weighted by Crippen LogP contribution is -2.40. The standard InChI is InChI=1S/C23H32N2O5S/c1-4-24(18-20-9-10-22(30-5-2)23(16-20)28-3)17-19-7-6-8-21(15-19)31(26,27)25-11-13-29-14-12-25/h6-10,15-16H,4-5,11-14,17-18H2,1-3H3. The molecule has 0 saturated carbocycles. The number of nitrogens with zero attached hydrogens (tertiary/aromatic N) is 2. The van der Waals surface area contributed by atoms with Gasteiger partial charge in [0.25, 0.3) is 0 Å². The first-order chi connectivity index (χ1) is 15.0. The van der Waals surface area contributed by atoms with Crippen molar-refractivity contribution in [2.45, 2.75) is 31.8 Å². The molecule has 0 unspecified atom stereocenters. The van der Waals surface area contributed by atoms with E-state index in [4.69, 9.17) is 14.2 Å². The molecule has 0 amide bonds. The fourth-order valence-corrected chi connectivity index (χ4v) is 5.10. The minimum atomic E-state index is -3.50. The Morgan fingerprint density at radius 2 is 1.71 bits per heavy atom. The van der Waals surface area contributed by atoms with Crippen LogP contribution in [0.2, 0.25) is 0 Å². The summed E-state index contributed by atoms with van der Waals surface area (Å²) in [4.78, 5) is 2.60. The number of rotatable bonds is 10. The van der Waals surface area contributed by atoms with Gasteiger partial charge in [-0.1, -0.05) is 25.1 Å². The van der Waals surface area contributed by atoms with E-state index in [1.165, 1.54) is 4.31 Å². The highest BCUT2D eigenvalue weighted by Gasteiger charge is 2.26. The summed E-state index contributed by atoms with van der Waals surface area (Å²) in [5, 5.41) is 0. The van der Waals surface area contributed by atoms with Crippen LogP contribution in [-0.2, 0) is 27.8 Å². The number of benzene rings is 2. The number of hydrogen-bond donors (Lipinski definition) is 0. The van der Waals surface area contributed by atoms with E-state index in [9.17, 15) is 8.42 Å². The molecule has 0 bridgehead atoms. The van der Waals surface area contributed by atoms with Crippen molar-refractivity contribution in [3.8, 4) is 11.5 Å². The zero-order valence-corrected chi connectivity index (χ0v) is 19.4. The highest BCUT2D eigenvalue weighted by Crippen LogP contribution is 2.29. The second kappa shape index (κ2) is 10.9. The van der Waals surface area contributed by atoms with Crippen LogP contribution in [0.3, 0.4) is 0 Å². The van der Waals surface area contributed by atoms with E-state index in [0.29, 0.717) is 50.1 Å². The highest BCUT2D eigenvalue weighted by molar-refractivity contribution is 7.89. The van der Waals surface area contributed by atoms with Crippen molar-refractivity contribution in [1.29, 1.82) is 0 Å². The topological polar surface area (TPSA) is 68.3 Å². The van der Waals surface area contributed by atoms with Crippen molar-refractivity contribution in [3.05, 3.63) is 53.6 Å². The van der Waals surface area contributed by atoms with Crippen LogP contribution in [0, 0.1) is 0 Å². The molecule has 1 aliphatic rings. The number of ether oxygens (including phenoxy) is 3. The molecule has 1 heterocycles. The molecule has 0 aromatic heterocycles. The van der Waals surface area contributed by atoms with Gasteiger partial charge in [-0.05, 0) is 48.9 Å². The minimum absolute atomic E-state index is 0.339. The molecule has 0 N–H and O–H groups in total. The van der Waals surface area contributed by atoms with Crippen molar-refractivity contribution in [3.63, 3.8) is 0 Å². The predicted octanol–water partition coefficient (Wildman–Crippen LogP) is 3.14. The largest absolute Gasteiger partial charge is 0.493 e. The normalized spacial score (nSPS) is 15.2. The molecule has 2 aromatic rings. The van der Waals surface area contributed by atoms with Gasteiger partial charge in [0, 0.05) is 26.2 Å². The average molecular weight is 449 g/mol. The fourth-order valence-electron chi connectivity index (χ4n) is 3.62. The van der Waals surface area contributed by atoms with Crippen LogP contribution < -0.4 is 9.47 Å². The van der Waals surface area contributed by atoms with Crippen molar-refractivity contribution in [2.75, 3.05) is 46.6 Å². The van der Waals surface area contributed by atoms with Crippen molar-refractivity contribution in [2.24, 2.45) is 0 Å². The number of sulfonamides is 1. The Hall–Kier alpha value is -2.13. The van der Waals surface area contributed by atoms with Gasteiger partial charge in [0.1, 0.15) is 0 Å². The smallest absolute Gasteiger partial charge is 0.243 e. The van der Waals surface area contributed by atoms with Gasteiger partial charge in [-0.3, -0.25) is 4.90 Å². The molecule has 3 rings (SSSR count). The molecule has 0 aliphatic carbocycles. The third-order valence-corrected chi connectivity index (χ3v) is 7.19. The van der Waals surface area contributed by atoms with Crippen LogP contribution in [0.25, 0.3) is 0 Å². The molecule has 0 radical (unpaired) electrons. The molecule has 1 fully saturated rings. The summed E-state index contributed by atoms with van der Waals surface area (Å²) in [5.41, 5.74) is 2.08. The van der Waals surface area contributed by atoms with Crippen LogP contribution in [0.4, 0.5) is 0 Å². The van der Waals surface area contributed by atoms with Gasteiger partial charge in [0.2, 0.25) is 10.0 Å². The lowest BCUT2D eigenvalue weighted by Gasteiger charge is -2.26. The van der Waals surface area contributed by atoms with Crippen molar-refractivity contribution < 1.29 is 22.6 Å². The second-order valence-corrected chi connectivity index (χ2v) is 9.32. The molecule has 31 heavy (non-hydrogen) atoms. The van der Waals surface area contributed by atoms with E-state index in [2.05, 4.69) is 11.8 Å². The Morgan fingerprint density at radius 3 is 2.35 bits per heavy atom. The Balaban J connectivity index is 1.73. The first kappa shape index (κ1) is 23.5. The summed E-state index contributed by atoms with van der Waals surface area (Å²) in [6.45, 7) is 8.50. The Kier molecular flexibility index (Phi) is 8.31. The summed E-state index contributed by atoms with van der Waals surface area (Å²) < 4.78 is 43.8. The average Bonchev–Trinajstić information content (AvgIpc) is 2.80. The Morgan fingerprint density at radius 1 is 1.00 bits per heavy atom. The van der Waals surface area contributed by atoms with Gasteiger partial charge in [0.15, 0.2) is 11.5 Å². The number of hydrogen-bond acceptors (Lipinski definition) is 6. The lowest BCUT2D eigenvalue weighted by molar-refractivity contribution is 0.0730. The molecule has 170 valence electrons. The Bertz CT molecular complexity index is 958. The maximum absolute atomic E-state index is 13.0. The molecule has 7 nitrogen and oxygen atoms in total. The third kappa shape index (κ3) is 5.98. The van der Waals surface area contributed by atoms with Crippen LogP contribution in [0.15, 0.2) is 47.4 Å². The SMILES string of the molecule is CCOc1ccc(CN(CC)Cc2cccc(S(=O)(=O)N3CCOCC3)c2)cc1OC. The molecule has 0 spiro atoms. The van der Waals surface area contributed by atoms with Crippen LogP contribution in [0.1, 0.15) is 25.0 Å². The van der Waals surface area contributed by atoms with Crippen LogP contribution in [-0.4, -0.2) is 64.2 Å². The number of methoxy groups -OCH3 is 1. The highest BCUT2D eigenvalue weighted by atomic mass is 32.2. The van der Waals surface area contributed by atoms with Crippen molar-refractivity contribution >= 4 is 10.0 Å². The van der Waals surface area contributed by atoms with Gasteiger partial charge in [-0.2, -0.15) is 4.31 Å². The monoisotopic (exact) mass is 448 g/mol. The van der Waals surface area contributed by atoms with E-state index in [-0.39, 0.29) is 0 Å². The van der Waals surface area contributed by atoms with Gasteiger partial charge in [-0.15, -0.1) is 0 Å². The minimum Gasteiger partial charge on any atom is -0.493 e. The first-order valence-corrected chi connectivity index (χ1v) is 12.1. The third-order valence-electron chi connectivity index (χ3n) is 5.29. The Labute approximate surface area is 185 Å². The second-order valence-electron chi connectivity index (χ2n) is 7.39. The van der Waals surface area contributed by atoms with Gasteiger partial charge >= 0.3 is 0 Å². The summed E-state index contributed by atoms with van der Waals surface area (Å²) >= 11 is 0. The zero-order valence-electron chi connectivity index (χ0n) is 18.5. The van der Waals surface area contributed by atoms with Gasteiger partial charge in [-0.25, -0.2) is 8.42 Å². The summed E-state index contributed by atoms with van der Waals surface area (Å²) in [6, 6.07) is 13.2. The summed E-state index contributed by atoms with van der Waals surface area (Å²) in [5.74, 6) is 1.45. The molecule has 8 heteroatoms. The quantitative estimate of drug-likeness (QED) is 0.556. The van der Waals surface area contributed by atoms with E-state index in [1.54, 1.807) is 19.2 Å². The van der Waals surface area contributed by atoms with E-state index >= 15 is 0 Å². The molecule has 1 saturated heterocycles. The molecular formula is C23H32N2O5S. The molecule has 2 aromatic carbocycles. The number of morpholine rings is 1. The van der Waals surface area contributed by atoms with Crippen LogP contribution >= 0.6 is 0 Å². The summed E-state index contributed by atoms with van der Waals surface area (Å²) in [6.07, 6.45) is 0. The lowest BCUT2D eigenvalue weighted by atomic mass is 10.1. The fraction of sp³-hybridized carbons (Fsp3) is 0.478. The summed E-state index contributed by atoms with van der Waals surface area (Å²) in [7, 11) is -1.86. The van der Waals surface area contributed by atoms with Crippen LogP contribution in [0.5, 0.6) is 11.5 Å². The van der Waals surface area contributed by atoms with E-state index < -0.39 is 10.0 Å². The zero-order chi connectivity index (χ0) is 22.3. The molecular weight excluding hydrogens is 416 g/mol. The van der Waals surface area contributed by atoms with Gasteiger partial charge in [0.05, 0.1) is 31.8 Å². The van der Waals surface area contributed by atoms with Gasteiger partial charge < -0.3 is 14.2 Å². The maximum Gasteiger partial charge on any atom is 0.243 e. The molecule has 0 atom stereocenters. The van der Waals surface area contributed by atoms with E-state index in [0.717, 1.165) is 30.0 Å². The van der Waals surface area contributed by atoms with Crippen molar-refractivity contribution in [1.82, 2.24) is 9.21 Å². The predicted molar refractivity (Wildman–Crippen MR) is 120 cm³/mol. The first-order valence-electron chi connectivity index (χ1n) is 10.7. The maximum atomic E-state index is 13.0. The van der Waals surface area contributed by atoms with E-state index in [1.807, 2.05) is 37.3 Å².